The SMILES string of the molecule is N#Cc1ccccc1COc1cc(C#CCCl)ccc1F. The summed E-state index contributed by atoms with van der Waals surface area (Å²) < 4.78 is 19.2. The zero-order valence-corrected chi connectivity index (χ0v) is 11.8. The van der Waals surface area contributed by atoms with Crippen LogP contribution in [0.3, 0.4) is 0 Å². The van der Waals surface area contributed by atoms with Gasteiger partial charge in [0, 0.05) is 11.1 Å². The van der Waals surface area contributed by atoms with E-state index < -0.39 is 5.82 Å². The van der Waals surface area contributed by atoms with Gasteiger partial charge in [-0.2, -0.15) is 5.26 Å². The van der Waals surface area contributed by atoms with Gasteiger partial charge in [0.2, 0.25) is 0 Å². The fourth-order valence-electron chi connectivity index (χ4n) is 1.74. The van der Waals surface area contributed by atoms with E-state index in [1.807, 2.05) is 0 Å². The minimum atomic E-state index is -0.471. The molecule has 0 spiro atoms. The zero-order valence-electron chi connectivity index (χ0n) is 11.1. The summed E-state index contributed by atoms with van der Waals surface area (Å²) in [6, 6.07) is 13.5. The molecule has 0 fully saturated rings. The highest BCUT2D eigenvalue weighted by Gasteiger charge is 2.06. The number of benzene rings is 2. The Kier molecular flexibility index (Phi) is 5.21. The van der Waals surface area contributed by atoms with Crippen LogP contribution < -0.4 is 4.74 Å². The van der Waals surface area contributed by atoms with E-state index in [0.717, 1.165) is 0 Å². The minimum absolute atomic E-state index is 0.101. The molecule has 0 saturated heterocycles. The van der Waals surface area contributed by atoms with Crippen LogP contribution in [0.2, 0.25) is 0 Å². The number of nitrogens with zero attached hydrogens (tertiary/aromatic N) is 1. The van der Waals surface area contributed by atoms with Gasteiger partial charge in [0.05, 0.1) is 17.5 Å². The molecule has 0 N–H and O–H groups in total. The Balaban J connectivity index is 2.18. The fraction of sp³-hybridized carbons (Fsp3) is 0.118. The average Bonchev–Trinajstić information content (AvgIpc) is 2.53. The molecule has 2 nitrogen and oxygen atoms in total. The Hall–Kier alpha value is -2.49. The Bertz CT molecular complexity index is 740. The van der Waals surface area contributed by atoms with E-state index in [9.17, 15) is 4.39 Å². The summed E-state index contributed by atoms with van der Waals surface area (Å²) in [4.78, 5) is 0. The molecular weight excluding hydrogens is 289 g/mol. The van der Waals surface area contributed by atoms with E-state index in [1.54, 1.807) is 30.3 Å². The first kappa shape index (κ1) is 14.9. The minimum Gasteiger partial charge on any atom is -0.486 e. The molecule has 0 heterocycles. The standard InChI is InChI=1S/C17H11ClFNO/c18-9-3-4-13-7-8-16(19)17(10-13)21-12-15-6-2-1-5-14(15)11-20/h1-2,5-8,10H,9,12H2. The lowest BCUT2D eigenvalue weighted by Crippen LogP contribution is -2.00. The summed E-state index contributed by atoms with van der Waals surface area (Å²) >= 11 is 5.49. The van der Waals surface area contributed by atoms with Crippen LogP contribution in [0.1, 0.15) is 16.7 Å². The van der Waals surface area contributed by atoms with Gasteiger partial charge < -0.3 is 4.74 Å². The Morgan fingerprint density at radius 1 is 1.19 bits per heavy atom. The van der Waals surface area contributed by atoms with Crippen LogP contribution in [0.4, 0.5) is 4.39 Å². The van der Waals surface area contributed by atoms with Gasteiger partial charge in [-0.15, -0.1) is 11.6 Å². The normalized spacial score (nSPS) is 9.38. The number of alkyl halides is 1. The molecule has 0 aliphatic heterocycles. The second kappa shape index (κ2) is 7.33. The number of nitriles is 1. The summed E-state index contributed by atoms with van der Waals surface area (Å²) in [6.45, 7) is 0.118. The molecule has 0 bridgehead atoms. The number of rotatable bonds is 3. The molecule has 0 aromatic heterocycles. The number of hydrogen-bond acceptors (Lipinski definition) is 2. The third kappa shape index (κ3) is 3.99. The van der Waals surface area contributed by atoms with Crippen LogP contribution in [-0.2, 0) is 6.61 Å². The van der Waals surface area contributed by atoms with Crippen LogP contribution >= 0.6 is 11.6 Å². The van der Waals surface area contributed by atoms with E-state index in [2.05, 4.69) is 17.9 Å². The molecule has 2 aromatic rings. The summed E-state index contributed by atoms with van der Waals surface area (Å²) in [7, 11) is 0. The van der Waals surface area contributed by atoms with Crippen molar-refractivity contribution in [3.05, 3.63) is 65.0 Å². The van der Waals surface area contributed by atoms with Gasteiger partial charge in [-0.3, -0.25) is 0 Å². The molecule has 0 aliphatic rings. The molecule has 0 amide bonds. The third-order valence-corrected chi connectivity index (χ3v) is 2.89. The van der Waals surface area contributed by atoms with E-state index in [-0.39, 0.29) is 18.2 Å². The second-order valence-electron chi connectivity index (χ2n) is 4.14. The largest absolute Gasteiger partial charge is 0.486 e. The van der Waals surface area contributed by atoms with Crippen molar-refractivity contribution in [3.63, 3.8) is 0 Å². The van der Waals surface area contributed by atoms with Crippen LogP contribution in [0, 0.1) is 29.0 Å². The number of halogens is 2. The molecule has 2 rings (SSSR count). The molecule has 0 radical (unpaired) electrons. The Morgan fingerprint density at radius 3 is 2.76 bits per heavy atom. The molecule has 0 aliphatic carbocycles. The van der Waals surface area contributed by atoms with Crippen LogP contribution in [-0.4, -0.2) is 5.88 Å². The highest BCUT2D eigenvalue weighted by Crippen LogP contribution is 2.20. The van der Waals surface area contributed by atoms with Gasteiger partial charge in [-0.1, -0.05) is 30.0 Å². The molecule has 104 valence electrons. The van der Waals surface area contributed by atoms with Gasteiger partial charge in [0.15, 0.2) is 11.6 Å². The highest BCUT2D eigenvalue weighted by atomic mass is 35.5. The molecule has 4 heteroatoms. The maximum Gasteiger partial charge on any atom is 0.165 e. The van der Waals surface area contributed by atoms with E-state index in [1.165, 1.54) is 12.1 Å². The Morgan fingerprint density at radius 2 is 2.00 bits per heavy atom. The van der Waals surface area contributed by atoms with Crippen molar-refractivity contribution in [2.45, 2.75) is 6.61 Å². The van der Waals surface area contributed by atoms with Crippen molar-refractivity contribution in [2.75, 3.05) is 5.88 Å². The maximum absolute atomic E-state index is 13.7. The van der Waals surface area contributed by atoms with Crippen LogP contribution in [0.25, 0.3) is 0 Å². The van der Waals surface area contributed by atoms with Crippen molar-refractivity contribution in [3.8, 4) is 23.7 Å². The molecular formula is C17H11ClFNO. The van der Waals surface area contributed by atoms with E-state index >= 15 is 0 Å². The fourth-order valence-corrected chi connectivity index (χ4v) is 1.80. The predicted octanol–water partition coefficient (Wildman–Crippen LogP) is 3.87. The van der Waals surface area contributed by atoms with Gasteiger partial charge >= 0.3 is 0 Å². The quantitative estimate of drug-likeness (QED) is 0.637. The van der Waals surface area contributed by atoms with Crippen molar-refractivity contribution >= 4 is 11.6 Å². The van der Waals surface area contributed by atoms with Crippen molar-refractivity contribution in [2.24, 2.45) is 0 Å². The Labute approximate surface area is 127 Å². The zero-order chi connectivity index (χ0) is 15.1. The number of ether oxygens (including phenoxy) is 1. The topological polar surface area (TPSA) is 33.0 Å². The average molecular weight is 300 g/mol. The predicted molar refractivity (Wildman–Crippen MR) is 79.5 cm³/mol. The van der Waals surface area contributed by atoms with Gasteiger partial charge in [0.25, 0.3) is 0 Å². The van der Waals surface area contributed by atoms with E-state index in [4.69, 9.17) is 21.6 Å². The first-order valence-corrected chi connectivity index (χ1v) is 6.73. The maximum atomic E-state index is 13.7. The van der Waals surface area contributed by atoms with Crippen molar-refractivity contribution in [1.82, 2.24) is 0 Å². The van der Waals surface area contributed by atoms with Gasteiger partial charge in [0.1, 0.15) is 6.61 Å². The lowest BCUT2D eigenvalue weighted by atomic mass is 10.1. The molecule has 0 unspecified atom stereocenters. The number of hydrogen-bond donors (Lipinski definition) is 0. The van der Waals surface area contributed by atoms with Gasteiger partial charge in [-0.25, -0.2) is 4.39 Å². The first-order valence-electron chi connectivity index (χ1n) is 6.20. The second-order valence-corrected chi connectivity index (χ2v) is 4.41. The summed E-state index contributed by atoms with van der Waals surface area (Å²) in [5.41, 5.74) is 1.84. The summed E-state index contributed by atoms with van der Waals surface area (Å²) in [6.07, 6.45) is 0. The first-order chi connectivity index (χ1) is 10.2. The monoisotopic (exact) mass is 299 g/mol. The third-order valence-electron chi connectivity index (χ3n) is 2.75. The molecule has 0 atom stereocenters. The van der Waals surface area contributed by atoms with Crippen molar-refractivity contribution < 1.29 is 9.13 Å². The summed E-state index contributed by atoms with van der Waals surface area (Å²) in [5.74, 6) is 5.34. The lowest BCUT2D eigenvalue weighted by molar-refractivity contribution is 0.290. The van der Waals surface area contributed by atoms with Crippen LogP contribution in [0.5, 0.6) is 5.75 Å². The smallest absolute Gasteiger partial charge is 0.165 e. The molecule has 0 saturated carbocycles. The van der Waals surface area contributed by atoms with E-state index in [0.29, 0.717) is 16.7 Å². The van der Waals surface area contributed by atoms with Crippen molar-refractivity contribution in [1.29, 1.82) is 5.26 Å². The lowest BCUT2D eigenvalue weighted by Gasteiger charge is -2.08. The van der Waals surface area contributed by atoms with Crippen LogP contribution in [0.15, 0.2) is 42.5 Å². The summed E-state index contributed by atoms with van der Waals surface area (Å²) in [5, 5.41) is 9.00. The molecule has 2 aromatic carbocycles. The highest BCUT2D eigenvalue weighted by molar-refractivity contribution is 6.19. The van der Waals surface area contributed by atoms with Gasteiger partial charge in [-0.05, 0) is 24.3 Å². The molecule has 21 heavy (non-hydrogen) atoms.